The van der Waals surface area contributed by atoms with E-state index < -0.39 is 20.5 Å². The summed E-state index contributed by atoms with van der Waals surface area (Å²) in [5.41, 5.74) is 1.10. The van der Waals surface area contributed by atoms with Crippen molar-refractivity contribution >= 4 is 15.5 Å². The normalized spacial score (nSPS) is 20.5. The van der Waals surface area contributed by atoms with Gasteiger partial charge in [0.1, 0.15) is 5.82 Å². The molecule has 1 N–H and O–H groups in total. The van der Waals surface area contributed by atoms with Crippen molar-refractivity contribution in [2.75, 3.05) is 5.32 Å². The Hall–Kier alpha value is -2.02. The maximum atomic E-state index is 12.9. The molecule has 0 aromatic heterocycles. The number of nitrogens with one attached hydrogen (secondary N) is 1. The van der Waals surface area contributed by atoms with E-state index in [1.807, 2.05) is 0 Å². The molecule has 0 saturated heterocycles. The summed E-state index contributed by atoms with van der Waals surface area (Å²) in [6.07, 6.45) is 0.731. The second-order valence-corrected chi connectivity index (χ2v) is 7.33. The first-order valence-corrected chi connectivity index (χ1v) is 8.57. The maximum Gasteiger partial charge on any atom is 0.341 e. The van der Waals surface area contributed by atoms with Gasteiger partial charge in [0, 0.05) is 12.0 Å². The van der Waals surface area contributed by atoms with E-state index in [-0.39, 0.29) is 23.5 Å². The summed E-state index contributed by atoms with van der Waals surface area (Å²) in [6, 6.07) is 11.6. The quantitative estimate of drug-likeness (QED) is 0.900. The number of halogens is 3. The van der Waals surface area contributed by atoms with Gasteiger partial charge in [0.2, 0.25) is 9.84 Å². The van der Waals surface area contributed by atoms with Crippen LogP contribution in [0.25, 0.3) is 0 Å². The Bertz CT molecular complexity index is 806. The van der Waals surface area contributed by atoms with Gasteiger partial charge in [0.25, 0.3) is 0 Å². The van der Waals surface area contributed by atoms with Gasteiger partial charge in [-0.15, -0.1) is 0 Å². The SMILES string of the molecule is O=S(=O)(c1ccccc1N[C@@H]1C[C@H]1c1ccc(F)cc1)C(F)F. The highest BCUT2D eigenvalue weighted by Crippen LogP contribution is 2.43. The maximum absolute atomic E-state index is 12.9. The Labute approximate surface area is 132 Å². The van der Waals surface area contributed by atoms with Crippen LogP contribution in [0.1, 0.15) is 17.9 Å². The predicted molar refractivity (Wildman–Crippen MR) is 80.8 cm³/mol. The molecule has 7 heteroatoms. The lowest BCUT2D eigenvalue weighted by molar-refractivity contribution is 0.235. The van der Waals surface area contributed by atoms with Crippen molar-refractivity contribution in [3.05, 3.63) is 59.9 Å². The van der Waals surface area contributed by atoms with Crippen molar-refractivity contribution in [1.29, 1.82) is 0 Å². The van der Waals surface area contributed by atoms with E-state index in [2.05, 4.69) is 5.32 Å². The lowest BCUT2D eigenvalue weighted by atomic mass is 10.1. The van der Waals surface area contributed by atoms with Gasteiger partial charge in [-0.1, -0.05) is 24.3 Å². The number of benzene rings is 2. The topological polar surface area (TPSA) is 46.2 Å². The molecule has 1 aliphatic carbocycles. The first-order valence-electron chi connectivity index (χ1n) is 7.02. The van der Waals surface area contributed by atoms with Crippen LogP contribution in [0.15, 0.2) is 53.4 Å². The van der Waals surface area contributed by atoms with Gasteiger partial charge in [-0.05, 0) is 36.2 Å². The lowest BCUT2D eigenvalue weighted by Crippen LogP contribution is -2.15. The molecule has 2 aromatic rings. The number of sulfone groups is 1. The van der Waals surface area contributed by atoms with Crippen LogP contribution in [-0.4, -0.2) is 20.2 Å². The smallest absolute Gasteiger partial charge is 0.341 e. The average Bonchev–Trinajstić information content (AvgIpc) is 3.27. The Morgan fingerprint density at radius 2 is 1.70 bits per heavy atom. The third-order valence-electron chi connectivity index (χ3n) is 3.86. The number of alkyl halides is 2. The first kappa shape index (κ1) is 15.9. The van der Waals surface area contributed by atoms with E-state index in [0.29, 0.717) is 0 Å². The van der Waals surface area contributed by atoms with Gasteiger partial charge in [-0.2, -0.15) is 8.78 Å². The fourth-order valence-electron chi connectivity index (χ4n) is 2.56. The van der Waals surface area contributed by atoms with E-state index in [0.717, 1.165) is 12.0 Å². The average molecular weight is 341 g/mol. The van der Waals surface area contributed by atoms with Crippen molar-refractivity contribution in [2.24, 2.45) is 0 Å². The zero-order valence-electron chi connectivity index (χ0n) is 11.9. The van der Waals surface area contributed by atoms with Crippen molar-refractivity contribution < 1.29 is 21.6 Å². The molecule has 3 nitrogen and oxygen atoms in total. The summed E-state index contributed by atoms with van der Waals surface area (Å²) < 4.78 is 61.9. The minimum absolute atomic E-state index is 0.0607. The summed E-state index contributed by atoms with van der Waals surface area (Å²) in [5.74, 6) is -3.68. The van der Waals surface area contributed by atoms with E-state index in [1.54, 1.807) is 18.2 Å². The van der Waals surface area contributed by atoms with Crippen LogP contribution in [0.4, 0.5) is 18.9 Å². The largest absolute Gasteiger partial charge is 0.381 e. The fourth-order valence-corrected chi connectivity index (χ4v) is 3.46. The summed E-state index contributed by atoms with van der Waals surface area (Å²) in [5, 5.41) is 3.00. The number of hydrogen-bond acceptors (Lipinski definition) is 3. The molecular formula is C16H14F3NO2S. The van der Waals surface area contributed by atoms with Gasteiger partial charge in [-0.25, -0.2) is 12.8 Å². The minimum Gasteiger partial charge on any atom is -0.381 e. The van der Waals surface area contributed by atoms with Crippen molar-refractivity contribution in [3.63, 3.8) is 0 Å². The summed E-state index contributed by atoms with van der Waals surface area (Å²) in [4.78, 5) is -0.403. The molecule has 1 fully saturated rings. The van der Waals surface area contributed by atoms with Crippen LogP contribution < -0.4 is 5.32 Å². The van der Waals surface area contributed by atoms with Gasteiger partial charge in [-0.3, -0.25) is 0 Å². The van der Waals surface area contributed by atoms with Crippen LogP contribution in [0.2, 0.25) is 0 Å². The third-order valence-corrected chi connectivity index (χ3v) is 5.30. The number of hydrogen-bond donors (Lipinski definition) is 1. The zero-order chi connectivity index (χ0) is 16.6. The Morgan fingerprint density at radius 1 is 1.04 bits per heavy atom. The Morgan fingerprint density at radius 3 is 2.35 bits per heavy atom. The summed E-state index contributed by atoms with van der Waals surface area (Å²) >= 11 is 0. The molecule has 2 atom stereocenters. The van der Waals surface area contributed by atoms with Crippen LogP contribution in [0.3, 0.4) is 0 Å². The second kappa shape index (κ2) is 5.88. The molecule has 2 aromatic carbocycles. The lowest BCUT2D eigenvalue weighted by Gasteiger charge is -2.12. The van der Waals surface area contributed by atoms with E-state index in [4.69, 9.17) is 0 Å². The molecule has 0 unspecified atom stereocenters. The molecule has 0 bridgehead atoms. The highest BCUT2D eigenvalue weighted by molar-refractivity contribution is 7.91. The minimum atomic E-state index is -4.66. The van der Waals surface area contributed by atoms with E-state index >= 15 is 0 Å². The van der Waals surface area contributed by atoms with Gasteiger partial charge in [0.15, 0.2) is 0 Å². The predicted octanol–water partition coefficient (Wildman–Crippen LogP) is 3.79. The Balaban J connectivity index is 1.79. The highest BCUT2D eigenvalue weighted by Gasteiger charge is 2.39. The number of rotatable bonds is 5. The van der Waals surface area contributed by atoms with Gasteiger partial charge < -0.3 is 5.32 Å². The van der Waals surface area contributed by atoms with E-state index in [1.165, 1.54) is 30.3 Å². The molecule has 0 radical (unpaired) electrons. The monoisotopic (exact) mass is 341 g/mol. The van der Waals surface area contributed by atoms with Crippen molar-refractivity contribution in [3.8, 4) is 0 Å². The standard InChI is InChI=1S/C16H14F3NO2S/c17-11-7-5-10(6-8-11)12-9-14(12)20-13-3-1-2-4-15(13)23(21,22)16(18)19/h1-8,12,14,16,20H,9H2/t12-,14+/m0/s1. The van der Waals surface area contributed by atoms with E-state index in [9.17, 15) is 21.6 Å². The number of anilines is 1. The molecule has 0 aliphatic heterocycles. The van der Waals surface area contributed by atoms with Crippen LogP contribution in [-0.2, 0) is 9.84 Å². The zero-order valence-corrected chi connectivity index (χ0v) is 12.7. The molecule has 1 aliphatic rings. The first-order chi connectivity index (χ1) is 10.9. The van der Waals surface area contributed by atoms with Crippen molar-refractivity contribution in [1.82, 2.24) is 0 Å². The molecule has 0 amide bonds. The molecule has 122 valence electrons. The summed E-state index contributed by atoms with van der Waals surface area (Å²) in [7, 11) is -4.66. The second-order valence-electron chi connectivity index (χ2n) is 5.45. The van der Waals surface area contributed by atoms with Crippen LogP contribution in [0, 0.1) is 5.82 Å². The van der Waals surface area contributed by atoms with Crippen LogP contribution >= 0.6 is 0 Å². The highest BCUT2D eigenvalue weighted by atomic mass is 32.2. The van der Waals surface area contributed by atoms with Crippen LogP contribution in [0.5, 0.6) is 0 Å². The molecule has 23 heavy (non-hydrogen) atoms. The molecular weight excluding hydrogens is 327 g/mol. The van der Waals surface area contributed by atoms with Gasteiger partial charge in [0.05, 0.1) is 10.6 Å². The molecule has 3 rings (SSSR count). The summed E-state index contributed by atoms with van der Waals surface area (Å²) in [6.45, 7) is 0. The van der Waals surface area contributed by atoms with Crippen molar-refractivity contribution in [2.45, 2.75) is 29.0 Å². The molecule has 0 heterocycles. The molecule has 1 saturated carbocycles. The molecule has 0 spiro atoms. The fraction of sp³-hybridized carbons (Fsp3) is 0.250. The van der Waals surface area contributed by atoms with Gasteiger partial charge >= 0.3 is 5.76 Å². The number of para-hydroxylation sites is 1. The Kier molecular flexibility index (Phi) is 4.06. The third kappa shape index (κ3) is 3.19.